The first kappa shape index (κ1) is 15.7. The van der Waals surface area contributed by atoms with Crippen molar-refractivity contribution in [2.45, 2.75) is 25.6 Å². The number of nitrogen functional groups attached to an aromatic ring is 1. The first-order valence-electron chi connectivity index (χ1n) is 6.43. The number of nitrogens with zero attached hydrogens (tertiary/aromatic N) is 1. The summed E-state index contributed by atoms with van der Waals surface area (Å²) in [4.78, 5) is 1.71. The minimum Gasteiger partial charge on any atom is -0.433 e. The highest BCUT2D eigenvalue weighted by Gasteiger charge is 2.41. The van der Waals surface area contributed by atoms with Crippen LogP contribution < -0.4 is 15.4 Å². The van der Waals surface area contributed by atoms with E-state index in [9.17, 15) is 22.0 Å². The highest BCUT2D eigenvalue weighted by Crippen LogP contribution is 2.36. The summed E-state index contributed by atoms with van der Waals surface area (Å²) in [5.74, 6) is -1.47. The molecule has 1 aromatic rings. The van der Waals surface area contributed by atoms with Crippen molar-refractivity contribution in [2.24, 2.45) is 5.92 Å². The Morgan fingerprint density at radius 3 is 2.33 bits per heavy atom. The maximum absolute atomic E-state index is 12.6. The van der Waals surface area contributed by atoms with Gasteiger partial charge in [0, 0.05) is 24.8 Å². The highest BCUT2D eigenvalue weighted by atomic mass is 19.4. The van der Waals surface area contributed by atoms with Crippen molar-refractivity contribution in [3.63, 3.8) is 0 Å². The lowest BCUT2D eigenvalue weighted by atomic mass is 9.96. The number of piperidine rings is 1. The van der Waals surface area contributed by atoms with Crippen LogP contribution in [0.5, 0.6) is 5.75 Å². The van der Waals surface area contributed by atoms with E-state index in [-0.39, 0.29) is 37.4 Å². The van der Waals surface area contributed by atoms with E-state index in [1.54, 1.807) is 11.0 Å². The monoisotopic (exact) mass is 310 g/mol. The Hall–Kier alpha value is -1.73. The number of hydrogen-bond donors (Lipinski definition) is 1. The van der Waals surface area contributed by atoms with Crippen LogP contribution in [0, 0.1) is 5.92 Å². The molecule has 0 radical (unpaired) electrons. The van der Waals surface area contributed by atoms with Gasteiger partial charge in [-0.3, -0.25) is 0 Å². The number of halogens is 5. The highest BCUT2D eigenvalue weighted by molar-refractivity contribution is 5.62. The number of benzene rings is 1. The topological polar surface area (TPSA) is 38.5 Å². The Labute approximate surface area is 118 Å². The molecule has 0 saturated carbocycles. The summed E-state index contributed by atoms with van der Waals surface area (Å²) in [6, 6.07) is 4.32. The van der Waals surface area contributed by atoms with Crippen molar-refractivity contribution in [1.29, 1.82) is 0 Å². The zero-order chi connectivity index (χ0) is 15.6. The Kier molecular flexibility index (Phi) is 4.43. The third kappa shape index (κ3) is 3.89. The van der Waals surface area contributed by atoms with Gasteiger partial charge >= 0.3 is 12.8 Å². The van der Waals surface area contributed by atoms with Crippen LogP contribution in [0.4, 0.5) is 33.3 Å². The first-order valence-corrected chi connectivity index (χ1v) is 6.43. The van der Waals surface area contributed by atoms with E-state index >= 15 is 0 Å². The average molecular weight is 310 g/mol. The number of nitrogens with two attached hydrogens (primary N) is 1. The maximum Gasteiger partial charge on any atom is 0.391 e. The van der Waals surface area contributed by atoms with Gasteiger partial charge in [0.2, 0.25) is 0 Å². The second-order valence-corrected chi connectivity index (χ2v) is 4.90. The average Bonchev–Trinajstić information content (AvgIpc) is 2.40. The summed E-state index contributed by atoms with van der Waals surface area (Å²) in [6.45, 7) is -2.58. The summed E-state index contributed by atoms with van der Waals surface area (Å²) < 4.78 is 66.5. The number of hydrogen-bond acceptors (Lipinski definition) is 3. The molecule has 0 aromatic heterocycles. The summed E-state index contributed by atoms with van der Waals surface area (Å²) in [5, 5.41) is 0. The molecule has 0 spiro atoms. The molecule has 1 aliphatic rings. The third-order valence-electron chi connectivity index (χ3n) is 3.54. The second-order valence-electron chi connectivity index (χ2n) is 4.90. The number of rotatable bonds is 3. The van der Waals surface area contributed by atoms with Gasteiger partial charge in [0.05, 0.1) is 11.6 Å². The van der Waals surface area contributed by atoms with Crippen LogP contribution in [-0.2, 0) is 0 Å². The Morgan fingerprint density at radius 2 is 1.81 bits per heavy atom. The van der Waals surface area contributed by atoms with Crippen LogP contribution in [0.15, 0.2) is 18.2 Å². The predicted molar refractivity (Wildman–Crippen MR) is 68.5 cm³/mol. The first-order chi connectivity index (χ1) is 9.77. The molecular weight excluding hydrogens is 295 g/mol. The summed E-state index contributed by atoms with van der Waals surface area (Å²) in [5.41, 5.74) is 6.11. The molecule has 0 aliphatic carbocycles. The molecule has 1 heterocycles. The van der Waals surface area contributed by atoms with Crippen molar-refractivity contribution in [3.8, 4) is 5.75 Å². The molecule has 3 nitrogen and oxygen atoms in total. The van der Waals surface area contributed by atoms with Gasteiger partial charge in [-0.25, -0.2) is 0 Å². The quantitative estimate of drug-likeness (QED) is 0.684. The van der Waals surface area contributed by atoms with Crippen molar-refractivity contribution >= 4 is 11.4 Å². The van der Waals surface area contributed by atoms with E-state index < -0.39 is 18.7 Å². The zero-order valence-electron chi connectivity index (χ0n) is 11.0. The molecule has 8 heteroatoms. The standard InChI is InChI=1S/C13H15F5N2O/c14-12(15)21-11-7-9(1-2-10(11)19)20-5-3-8(4-6-20)13(16,17)18/h1-2,7-8,12H,3-6,19H2. The van der Waals surface area contributed by atoms with Crippen molar-refractivity contribution in [1.82, 2.24) is 0 Å². The summed E-state index contributed by atoms with van der Waals surface area (Å²) in [7, 11) is 0. The molecule has 0 amide bonds. The molecule has 2 rings (SSSR count). The third-order valence-corrected chi connectivity index (χ3v) is 3.54. The van der Waals surface area contributed by atoms with Gasteiger partial charge in [-0.15, -0.1) is 0 Å². The van der Waals surface area contributed by atoms with Crippen molar-refractivity contribution < 1.29 is 26.7 Å². The molecule has 0 unspecified atom stereocenters. The molecule has 0 bridgehead atoms. The Balaban J connectivity index is 2.07. The fraction of sp³-hybridized carbons (Fsp3) is 0.538. The largest absolute Gasteiger partial charge is 0.433 e. The van der Waals surface area contributed by atoms with Crippen molar-refractivity contribution in [2.75, 3.05) is 23.7 Å². The zero-order valence-corrected chi connectivity index (χ0v) is 11.0. The van der Waals surface area contributed by atoms with Crippen LogP contribution in [0.25, 0.3) is 0 Å². The molecule has 0 atom stereocenters. The second kappa shape index (κ2) is 5.95. The fourth-order valence-electron chi connectivity index (χ4n) is 2.38. The van der Waals surface area contributed by atoms with Gasteiger partial charge in [0.25, 0.3) is 0 Å². The molecular formula is C13H15F5N2O. The molecule has 1 saturated heterocycles. The van der Waals surface area contributed by atoms with E-state index in [0.717, 1.165) is 0 Å². The van der Waals surface area contributed by atoms with Crippen LogP contribution in [0.1, 0.15) is 12.8 Å². The molecule has 21 heavy (non-hydrogen) atoms. The predicted octanol–water partition coefficient (Wildman–Crippen LogP) is 3.65. The molecule has 118 valence electrons. The van der Waals surface area contributed by atoms with Crippen LogP contribution in [-0.4, -0.2) is 25.9 Å². The van der Waals surface area contributed by atoms with Crippen LogP contribution in [0.2, 0.25) is 0 Å². The van der Waals surface area contributed by atoms with E-state index in [0.29, 0.717) is 5.69 Å². The van der Waals surface area contributed by atoms with Gasteiger partial charge in [-0.1, -0.05) is 0 Å². The van der Waals surface area contributed by atoms with E-state index in [1.165, 1.54) is 12.1 Å². The van der Waals surface area contributed by atoms with E-state index in [1.807, 2.05) is 0 Å². The SMILES string of the molecule is Nc1ccc(N2CCC(C(F)(F)F)CC2)cc1OC(F)F. The molecule has 1 fully saturated rings. The van der Waals surface area contributed by atoms with Gasteiger partial charge < -0.3 is 15.4 Å². The molecule has 1 aromatic carbocycles. The lowest BCUT2D eigenvalue weighted by molar-refractivity contribution is -0.179. The Morgan fingerprint density at radius 1 is 1.19 bits per heavy atom. The number of ether oxygens (including phenoxy) is 1. The maximum atomic E-state index is 12.6. The summed E-state index contributed by atoms with van der Waals surface area (Å²) in [6.07, 6.45) is -4.21. The Bertz CT molecular complexity index is 484. The van der Waals surface area contributed by atoms with Crippen LogP contribution in [0.3, 0.4) is 0 Å². The fourth-order valence-corrected chi connectivity index (χ4v) is 2.38. The number of anilines is 2. The summed E-state index contributed by atoms with van der Waals surface area (Å²) >= 11 is 0. The minimum absolute atomic E-state index is 0.0150. The van der Waals surface area contributed by atoms with E-state index in [2.05, 4.69) is 4.74 Å². The molecule has 1 aliphatic heterocycles. The van der Waals surface area contributed by atoms with Gasteiger partial charge in [-0.05, 0) is 25.0 Å². The normalized spacial score (nSPS) is 17.3. The minimum atomic E-state index is -4.18. The van der Waals surface area contributed by atoms with Gasteiger partial charge in [-0.2, -0.15) is 22.0 Å². The lowest BCUT2D eigenvalue weighted by Gasteiger charge is -2.34. The van der Waals surface area contributed by atoms with Crippen molar-refractivity contribution in [3.05, 3.63) is 18.2 Å². The molecule has 2 N–H and O–H groups in total. The van der Waals surface area contributed by atoms with E-state index in [4.69, 9.17) is 5.73 Å². The van der Waals surface area contributed by atoms with Gasteiger partial charge in [0.15, 0.2) is 5.75 Å². The smallest absolute Gasteiger partial charge is 0.391 e. The van der Waals surface area contributed by atoms with Crippen LogP contribution >= 0.6 is 0 Å². The lowest BCUT2D eigenvalue weighted by Crippen LogP contribution is -2.39. The number of alkyl halides is 5. The van der Waals surface area contributed by atoms with Gasteiger partial charge in [0.1, 0.15) is 0 Å².